The van der Waals surface area contributed by atoms with Gasteiger partial charge in [0.05, 0.1) is 7.11 Å². The number of nitrogens with one attached hydrogen (secondary N) is 2. The first-order valence-corrected chi connectivity index (χ1v) is 8.49. The lowest BCUT2D eigenvalue weighted by molar-refractivity contribution is 0.137. The van der Waals surface area contributed by atoms with Gasteiger partial charge < -0.3 is 25.0 Å². The number of aliphatic hydroxyl groups excluding tert-OH is 1. The third-order valence-electron chi connectivity index (χ3n) is 4.80. The van der Waals surface area contributed by atoms with Crippen LogP contribution in [-0.2, 0) is 6.42 Å². The number of amides is 2. The molecular weight excluding hydrogens is 306 g/mol. The van der Waals surface area contributed by atoms with Crippen LogP contribution in [0, 0.1) is 5.92 Å². The first-order chi connectivity index (χ1) is 11.7. The van der Waals surface area contributed by atoms with Crippen LogP contribution in [0.1, 0.15) is 18.4 Å². The van der Waals surface area contributed by atoms with E-state index in [-0.39, 0.29) is 12.6 Å². The van der Waals surface area contributed by atoms with Gasteiger partial charge >= 0.3 is 6.03 Å². The van der Waals surface area contributed by atoms with Gasteiger partial charge in [0.2, 0.25) is 0 Å². The topological polar surface area (TPSA) is 77.6 Å². The molecule has 24 heavy (non-hydrogen) atoms. The Hall–Kier alpha value is -2.21. The number of rotatable bonds is 5. The summed E-state index contributed by atoms with van der Waals surface area (Å²) >= 11 is 0. The van der Waals surface area contributed by atoms with Crippen LogP contribution in [0.3, 0.4) is 0 Å². The van der Waals surface area contributed by atoms with Crippen molar-refractivity contribution in [2.24, 2.45) is 5.92 Å². The zero-order chi connectivity index (χ0) is 16.9. The van der Waals surface area contributed by atoms with Gasteiger partial charge in [-0.05, 0) is 42.9 Å². The van der Waals surface area contributed by atoms with E-state index < -0.39 is 0 Å². The number of carbonyl (C=O) groups is 1. The minimum absolute atomic E-state index is 0.0156. The molecule has 0 unspecified atom stereocenters. The maximum absolute atomic E-state index is 12.2. The highest BCUT2D eigenvalue weighted by Crippen LogP contribution is 2.28. The van der Waals surface area contributed by atoms with Crippen molar-refractivity contribution < 1.29 is 14.6 Å². The van der Waals surface area contributed by atoms with Crippen LogP contribution in [0.4, 0.5) is 4.79 Å². The van der Waals surface area contributed by atoms with Crippen molar-refractivity contribution in [1.82, 2.24) is 15.2 Å². The molecule has 3 rings (SSSR count). The molecule has 0 atom stereocenters. The van der Waals surface area contributed by atoms with Gasteiger partial charge in [0, 0.05) is 43.3 Å². The van der Waals surface area contributed by atoms with Gasteiger partial charge in [-0.3, -0.25) is 0 Å². The third kappa shape index (κ3) is 3.48. The molecule has 0 saturated carbocycles. The predicted molar refractivity (Wildman–Crippen MR) is 93.3 cm³/mol. The molecule has 1 aliphatic rings. The minimum Gasteiger partial charge on any atom is -0.496 e. The molecule has 1 fully saturated rings. The van der Waals surface area contributed by atoms with E-state index in [2.05, 4.69) is 10.3 Å². The van der Waals surface area contributed by atoms with Crippen LogP contribution in [0.15, 0.2) is 24.4 Å². The van der Waals surface area contributed by atoms with Crippen molar-refractivity contribution in [2.45, 2.75) is 19.3 Å². The molecule has 0 radical (unpaired) electrons. The number of nitrogens with zero attached hydrogens (tertiary/aromatic N) is 1. The average Bonchev–Trinajstić information content (AvgIpc) is 3.05. The first kappa shape index (κ1) is 16.6. The summed E-state index contributed by atoms with van der Waals surface area (Å²) in [5.74, 6) is 1.19. The Kier molecular flexibility index (Phi) is 5.25. The average molecular weight is 331 g/mol. The normalized spacial score (nSPS) is 15.7. The van der Waals surface area contributed by atoms with Crippen LogP contribution in [-0.4, -0.2) is 54.4 Å². The molecule has 2 aromatic rings. The number of methoxy groups -OCH3 is 1. The molecule has 6 heteroatoms. The summed E-state index contributed by atoms with van der Waals surface area (Å²) in [6.07, 6.45) is 4.48. The van der Waals surface area contributed by atoms with Gasteiger partial charge in [0.1, 0.15) is 5.75 Å². The Balaban J connectivity index is 1.54. The first-order valence-electron chi connectivity index (χ1n) is 8.49. The van der Waals surface area contributed by atoms with Crippen LogP contribution >= 0.6 is 0 Å². The van der Waals surface area contributed by atoms with Gasteiger partial charge in [-0.1, -0.05) is 6.07 Å². The van der Waals surface area contributed by atoms with Gasteiger partial charge in [-0.2, -0.15) is 0 Å². The van der Waals surface area contributed by atoms with Crippen molar-refractivity contribution >= 4 is 16.9 Å². The van der Waals surface area contributed by atoms with Crippen molar-refractivity contribution in [3.63, 3.8) is 0 Å². The number of likely N-dealkylation sites (tertiary alicyclic amines) is 1. The summed E-state index contributed by atoms with van der Waals surface area (Å²) in [5.41, 5.74) is 2.18. The highest BCUT2D eigenvalue weighted by molar-refractivity contribution is 5.89. The van der Waals surface area contributed by atoms with Gasteiger partial charge in [0.15, 0.2) is 0 Å². The highest BCUT2D eigenvalue weighted by Gasteiger charge is 2.21. The second kappa shape index (κ2) is 7.57. The standard InChI is InChI=1S/C18H25N3O3/c1-24-16-4-2-3-15-17(16)14(11-20-15)5-8-19-18(23)21-9-6-13(12-22)7-10-21/h2-4,11,13,20,22H,5-10,12H2,1H3,(H,19,23). The number of hydrogen-bond donors (Lipinski definition) is 3. The highest BCUT2D eigenvalue weighted by atomic mass is 16.5. The number of carbonyl (C=O) groups excluding carboxylic acids is 1. The molecule has 0 bridgehead atoms. The summed E-state index contributed by atoms with van der Waals surface area (Å²) in [7, 11) is 1.67. The smallest absolute Gasteiger partial charge is 0.317 e. The lowest BCUT2D eigenvalue weighted by Gasteiger charge is -2.31. The van der Waals surface area contributed by atoms with E-state index in [1.165, 1.54) is 0 Å². The monoisotopic (exact) mass is 331 g/mol. The number of benzene rings is 1. The largest absolute Gasteiger partial charge is 0.496 e. The third-order valence-corrected chi connectivity index (χ3v) is 4.80. The van der Waals surface area contributed by atoms with Crippen molar-refractivity contribution in [3.8, 4) is 5.75 Å². The summed E-state index contributed by atoms with van der Waals surface area (Å²) in [6, 6.07) is 5.91. The molecule has 2 heterocycles. The second-order valence-electron chi connectivity index (χ2n) is 6.29. The molecule has 0 spiro atoms. The fourth-order valence-electron chi connectivity index (χ4n) is 3.32. The fraction of sp³-hybridized carbons (Fsp3) is 0.500. The molecule has 1 aromatic heterocycles. The number of aromatic amines is 1. The minimum atomic E-state index is -0.0156. The lowest BCUT2D eigenvalue weighted by Crippen LogP contribution is -2.45. The van der Waals surface area contributed by atoms with E-state index >= 15 is 0 Å². The van der Waals surface area contributed by atoms with Crippen molar-refractivity contribution in [1.29, 1.82) is 0 Å². The SMILES string of the molecule is COc1cccc2[nH]cc(CCNC(=O)N3CCC(CO)CC3)c12. The quantitative estimate of drug-likeness (QED) is 0.785. The maximum atomic E-state index is 12.2. The Morgan fingerprint density at radius 1 is 1.42 bits per heavy atom. The summed E-state index contributed by atoms with van der Waals surface area (Å²) in [5, 5.41) is 13.2. The fourth-order valence-corrected chi connectivity index (χ4v) is 3.32. The Morgan fingerprint density at radius 3 is 2.92 bits per heavy atom. The van der Waals surface area contributed by atoms with E-state index in [4.69, 9.17) is 9.84 Å². The van der Waals surface area contributed by atoms with E-state index in [0.717, 1.165) is 54.6 Å². The second-order valence-corrected chi connectivity index (χ2v) is 6.29. The van der Waals surface area contributed by atoms with Gasteiger partial charge in [0.25, 0.3) is 0 Å². The number of urea groups is 1. The van der Waals surface area contributed by atoms with E-state index in [1.54, 1.807) is 7.11 Å². The zero-order valence-electron chi connectivity index (χ0n) is 14.0. The molecule has 3 N–H and O–H groups in total. The number of H-pyrrole nitrogens is 1. The molecule has 1 aliphatic heterocycles. The molecule has 6 nitrogen and oxygen atoms in total. The number of fused-ring (bicyclic) bond motifs is 1. The van der Waals surface area contributed by atoms with Gasteiger partial charge in [-0.25, -0.2) is 4.79 Å². The Labute approximate surface area is 141 Å². The number of ether oxygens (including phenoxy) is 1. The van der Waals surface area contributed by atoms with E-state index in [1.807, 2.05) is 29.3 Å². The van der Waals surface area contributed by atoms with Crippen LogP contribution in [0.5, 0.6) is 5.75 Å². The number of piperidine rings is 1. The summed E-state index contributed by atoms with van der Waals surface area (Å²) < 4.78 is 5.43. The predicted octanol–water partition coefficient (Wildman–Crippen LogP) is 2.13. The number of hydrogen-bond acceptors (Lipinski definition) is 3. The number of aromatic nitrogens is 1. The van der Waals surface area contributed by atoms with Crippen LogP contribution in [0.25, 0.3) is 10.9 Å². The molecule has 130 valence electrons. The molecule has 2 amide bonds. The Bertz CT molecular complexity index is 690. The summed E-state index contributed by atoms with van der Waals surface area (Å²) in [4.78, 5) is 17.3. The molecule has 0 aliphatic carbocycles. The lowest BCUT2D eigenvalue weighted by atomic mass is 9.98. The molecular formula is C18H25N3O3. The van der Waals surface area contributed by atoms with Crippen LogP contribution < -0.4 is 10.1 Å². The van der Waals surface area contributed by atoms with E-state index in [9.17, 15) is 4.79 Å². The van der Waals surface area contributed by atoms with Gasteiger partial charge in [-0.15, -0.1) is 0 Å². The number of aliphatic hydroxyl groups is 1. The zero-order valence-corrected chi connectivity index (χ0v) is 14.0. The van der Waals surface area contributed by atoms with Crippen molar-refractivity contribution in [2.75, 3.05) is 33.4 Å². The summed E-state index contributed by atoms with van der Waals surface area (Å²) in [6.45, 7) is 2.25. The molecule has 1 saturated heterocycles. The van der Waals surface area contributed by atoms with Crippen molar-refractivity contribution in [3.05, 3.63) is 30.0 Å². The van der Waals surface area contributed by atoms with E-state index in [0.29, 0.717) is 12.5 Å². The Morgan fingerprint density at radius 2 is 2.21 bits per heavy atom. The molecule has 1 aromatic carbocycles. The van der Waals surface area contributed by atoms with Crippen LogP contribution in [0.2, 0.25) is 0 Å². The maximum Gasteiger partial charge on any atom is 0.317 e.